The first kappa shape index (κ1) is 21.6. The van der Waals surface area contributed by atoms with E-state index in [9.17, 15) is 9.59 Å². The number of benzene rings is 1. The predicted molar refractivity (Wildman–Crippen MR) is 121 cm³/mol. The molecule has 0 unspecified atom stereocenters. The molecule has 2 amide bonds. The van der Waals surface area contributed by atoms with Gasteiger partial charge in [0.05, 0.1) is 6.54 Å². The van der Waals surface area contributed by atoms with Gasteiger partial charge in [0, 0.05) is 55.9 Å². The second-order valence-electron chi connectivity index (χ2n) is 7.52. The minimum absolute atomic E-state index is 0.00951. The van der Waals surface area contributed by atoms with Crippen molar-refractivity contribution in [1.29, 1.82) is 0 Å². The molecule has 0 bridgehead atoms. The first-order chi connectivity index (χ1) is 14.5. The van der Waals surface area contributed by atoms with Crippen LogP contribution in [0.4, 0.5) is 0 Å². The van der Waals surface area contributed by atoms with Crippen LogP contribution < -0.4 is 5.32 Å². The van der Waals surface area contributed by atoms with Crippen LogP contribution in [0.1, 0.15) is 17.0 Å². The van der Waals surface area contributed by atoms with Crippen molar-refractivity contribution in [3.05, 3.63) is 72.1 Å². The van der Waals surface area contributed by atoms with Crippen molar-refractivity contribution in [1.82, 2.24) is 19.7 Å². The van der Waals surface area contributed by atoms with Crippen molar-refractivity contribution in [2.75, 3.05) is 39.3 Å². The Labute approximate surface area is 178 Å². The van der Waals surface area contributed by atoms with Gasteiger partial charge in [0.2, 0.25) is 11.8 Å². The fourth-order valence-corrected chi connectivity index (χ4v) is 3.77. The Balaban J connectivity index is 1.57. The van der Waals surface area contributed by atoms with Crippen LogP contribution in [0.2, 0.25) is 0 Å². The van der Waals surface area contributed by atoms with Gasteiger partial charge in [-0.3, -0.25) is 14.5 Å². The number of rotatable bonds is 7. The highest BCUT2D eigenvalue weighted by Crippen LogP contribution is 2.21. The standard InChI is InChI=1S/C24H30N4O2/c1-4-12-25-23(29)18-26-13-15-27(16-14-26)24(30)11-10-21-17-19(2)28(20(21)3)22-8-6-5-7-9-22/h4-11,17H,1,12-16,18H2,2-3H3,(H,25,29)/b11-10+. The lowest BCUT2D eigenvalue weighted by Gasteiger charge is -2.33. The van der Waals surface area contributed by atoms with Gasteiger partial charge in [-0.1, -0.05) is 24.3 Å². The zero-order chi connectivity index (χ0) is 21.5. The molecule has 0 aliphatic carbocycles. The molecule has 1 aliphatic heterocycles. The normalized spacial score (nSPS) is 14.8. The molecule has 1 aromatic heterocycles. The van der Waals surface area contributed by atoms with E-state index in [4.69, 9.17) is 0 Å². The molecule has 0 spiro atoms. The smallest absolute Gasteiger partial charge is 0.246 e. The lowest BCUT2D eigenvalue weighted by atomic mass is 10.2. The Morgan fingerprint density at radius 1 is 1.10 bits per heavy atom. The Hall–Kier alpha value is -3.12. The fourth-order valence-electron chi connectivity index (χ4n) is 3.77. The van der Waals surface area contributed by atoms with Crippen molar-refractivity contribution < 1.29 is 9.59 Å². The number of carbonyl (C=O) groups excluding carboxylic acids is 2. The third-order valence-corrected chi connectivity index (χ3v) is 5.38. The molecule has 2 heterocycles. The lowest BCUT2D eigenvalue weighted by molar-refractivity contribution is -0.128. The lowest BCUT2D eigenvalue weighted by Crippen LogP contribution is -2.50. The van der Waals surface area contributed by atoms with E-state index < -0.39 is 0 Å². The molecule has 6 nitrogen and oxygen atoms in total. The highest BCUT2D eigenvalue weighted by Gasteiger charge is 2.21. The average Bonchev–Trinajstić information content (AvgIpc) is 3.04. The molecule has 1 fully saturated rings. The van der Waals surface area contributed by atoms with Crippen LogP contribution >= 0.6 is 0 Å². The number of aromatic nitrogens is 1. The SMILES string of the molecule is C=CCNC(=O)CN1CCN(C(=O)/C=C/c2cc(C)n(-c3ccccc3)c2C)CC1. The van der Waals surface area contributed by atoms with Gasteiger partial charge in [-0.05, 0) is 43.7 Å². The number of nitrogens with zero attached hydrogens (tertiary/aromatic N) is 3. The van der Waals surface area contributed by atoms with E-state index >= 15 is 0 Å². The summed E-state index contributed by atoms with van der Waals surface area (Å²) < 4.78 is 2.19. The Bertz CT molecular complexity index is 922. The van der Waals surface area contributed by atoms with Gasteiger partial charge in [0.15, 0.2) is 0 Å². The summed E-state index contributed by atoms with van der Waals surface area (Å²) in [5.41, 5.74) is 4.40. The Morgan fingerprint density at radius 2 is 1.80 bits per heavy atom. The van der Waals surface area contributed by atoms with E-state index in [-0.39, 0.29) is 11.8 Å². The van der Waals surface area contributed by atoms with Crippen molar-refractivity contribution in [3.8, 4) is 5.69 Å². The van der Waals surface area contributed by atoms with Gasteiger partial charge < -0.3 is 14.8 Å². The second-order valence-corrected chi connectivity index (χ2v) is 7.52. The maximum atomic E-state index is 12.6. The molecular formula is C24H30N4O2. The summed E-state index contributed by atoms with van der Waals surface area (Å²) in [7, 11) is 0. The number of aryl methyl sites for hydroxylation is 1. The highest BCUT2D eigenvalue weighted by atomic mass is 16.2. The molecule has 0 saturated carbocycles. The van der Waals surface area contributed by atoms with Crippen LogP contribution in [0.3, 0.4) is 0 Å². The zero-order valence-electron chi connectivity index (χ0n) is 17.8. The number of para-hydroxylation sites is 1. The molecule has 1 aliphatic rings. The monoisotopic (exact) mass is 406 g/mol. The van der Waals surface area contributed by atoms with E-state index in [1.165, 1.54) is 0 Å². The summed E-state index contributed by atoms with van der Waals surface area (Å²) in [6.45, 7) is 11.2. The second kappa shape index (κ2) is 10.1. The molecule has 3 rings (SSSR count). The van der Waals surface area contributed by atoms with Crippen molar-refractivity contribution in [3.63, 3.8) is 0 Å². The summed E-state index contributed by atoms with van der Waals surface area (Å²) in [5, 5.41) is 2.78. The number of hydrogen-bond donors (Lipinski definition) is 1. The van der Waals surface area contributed by atoms with Gasteiger partial charge in [-0.2, -0.15) is 0 Å². The van der Waals surface area contributed by atoms with Crippen LogP contribution in [-0.4, -0.2) is 65.4 Å². The highest BCUT2D eigenvalue weighted by molar-refractivity contribution is 5.92. The van der Waals surface area contributed by atoms with Crippen LogP contribution in [-0.2, 0) is 9.59 Å². The van der Waals surface area contributed by atoms with Crippen LogP contribution in [0.5, 0.6) is 0 Å². The first-order valence-electron chi connectivity index (χ1n) is 10.3. The minimum Gasteiger partial charge on any atom is -0.352 e. The van der Waals surface area contributed by atoms with Gasteiger partial charge in [-0.25, -0.2) is 0 Å². The number of hydrogen-bond acceptors (Lipinski definition) is 3. The summed E-state index contributed by atoms with van der Waals surface area (Å²) in [6.07, 6.45) is 5.22. The molecule has 6 heteroatoms. The molecular weight excluding hydrogens is 376 g/mol. The quantitative estimate of drug-likeness (QED) is 0.568. The first-order valence-corrected chi connectivity index (χ1v) is 10.3. The summed E-state index contributed by atoms with van der Waals surface area (Å²) in [4.78, 5) is 28.4. The van der Waals surface area contributed by atoms with E-state index in [1.54, 1.807) is 12.2 Å². The number of amides is 2. The summed E-state index contributed by atoms with van der Waals surface area (Å²) >= 11 is 0. The largest absolute Gasteiger partial charge is 0.352 e. The molecule has 1 saturated heterocycles. The van der Waals surface area contributed by atoms with E-state index in [1.807, 2.05) is 29.2 Å². The van der Waals surface area contributed by atoms with Gasteiger partial charge >= 0.3 is 0 Å². The van der Waals surface area contributed by atoms with Crippen LogP contribution in [0.15, 0.2) is 55.1 Å². The van der Waals surface area contributed by atoms with Gasteiger partial charge in [-0.15, -0.1) is 6.58 Å². The minimum atomic E-state index is -0.0108. The molecule has 2 aromatic rings. The van der Waals surface area contributed by atoms with Gasteiger partial charge in [0.1, 0.15) is 0 Å². The zero-order valence-corrected chi connectivity index (χ0v) is 17.8. The molecule has 30 heavy (non-hydrogen) atoms. The summed E-state index contributed by atoms with van der Waals surface area (Å²) in [6, 6.07) is 12.3. The van der Waals surface area contributed by atoms with E-state index in [2.05, 4.69) is 53.4 Å². The predicted octanol–water partition coefficient (Wildman–Crippen LogP) is 2.55. The Kier molecular flexibility index (Phi) is 7.25. The Morgan fingerprint density at radius 3 is 2.47 bits per heavy atom. The maximum Gasteiger partial charge on any atom is 0.246 e. The van der Waals surface area contributed by atoms with Crippen molar-refractivity contribution in [2.24, 2.45) is 0 Å². The van der Waals surface area contributed by atoms with Gasteiger partial charge in [0.25, 0.3) is 0 Å². The fraction of sp³-hybridized carbons (Fsp3) is 0.333. The van der Waals surface area contributed by atoms with Crippen molar-refractivity contribution in [2.45, 2.75) is 13.8 Å². The van der Waals surface area contributed by atoms with Crippen LogP contribution in [0, 0.1) is 13.8 Å². The third-order valence-electron chi connectivity index (χ3n) is 5.38. The number of nitrogens with one attached hydrogen (secondary N) is 1. The molecule has 0 atom stereocenters. The number of piperazine rings is 1. The molecule has 0 radical (unpaired) electrons. The topological polar surface area (TPSA) is 57.6 Å². The van der Waals surface area contributed by atoms with E-state index in [0.29, 0.717) is 39.3 Å². The van der Waals surface area contributed by atoms with E-state index in [0.717, 1.165) is 22.6 Å². The average molecular weight is 407 g/mol. The summed E-state index contributed by atoms with van der Waals surface area (Å²) in [5.74, 6) is -0.00128. The van der Waals surface area contributed by atoms with Crippen LogP contribution in [0.25, 0.3) is 11.8 Å². The number of carbonyl (C=O) groups is 2. The maximum absolute atomic E-state index is 12.6. The van der Waals surface area contributed by atoms with Crippen molar-refractivity contribution >= 4 is 17.9 Å². The molecule has 1 aromatic carbocycles. The molecule has 1 N–H and O–H groups in total. The third kappa shape index (κ3) is 5.27. The molecule has 158 valence electrons.